The van der Waals surface area contributed by atoms with Gasteiger partial charge in [0.15, 0.2) is 0 Å². The van der Waals surface area contributed by atoms with E-state index in [4.69, 9.17) is 0 Å². The Kier molecular flexibility index (Phi) is 5.63. The van der Waals surface area contributed by atoms with Crippen LogP contribution in [0, 0.1) is 0 Å². The summed E-state index contributed by atoms with van der Waals surface area (Å²) in [7, 11) is 0. The average molecular weight is 353 g/mol. The summed E-state index contributed by atoms with van der Waals surface area (Å²) in [4.78, 5) is 12.3. The van der Waals surface area contributed by atoms with Crippen molar-refractivity contribution in [2.75, 3.05) is 13.2 Å². The molecule has 0 bridgehead atoms. The van der Waals surface area contributed by atoms with Gasteiger partial charge in [0.25, 0.3) is 0 Å². The molecule has 0 aliphatic carbocycles. The Balaban J connectivity index is 2.07. The molecule has 9 heteroatoms. The highest BCUT2D eigenvalue weighted by molar-refractivity contribution is 5.65. The third-order valence-corrected chi connectivity index (χ3v) is 4.08. The van der Waals surface area contributed by atoms with Gasteiger partial charge in [-0.1, -0.05) is 12.1 Å². The Hall–Kier alpha value is -1.90. The zero-order valence-corrected chi connectivity index (χ0v) is 12.5. The van der Waals surface area contributed by atoms with E-state index in [9.17, 15) is 31.9 Å². The van der Waals surface area contributed by atoms with Crippen LogP contribution in [0.4, 0.5) is 26.7 Å². The highest BCUT2D eigenvalue weighted by Crippen LogP contribution is 2.33. The summed E-state index contributed by atoms with van der Waals surface area (Å²) in [6.45, 7) is -3.37. The van der Waals surface area contributed by atoms with Crippen molar-refractivity contribution in [1.82, 2.24) is 4.90 Å². The lowest BCUT2D eigenvalue weighted by Gasteiger charge is -2.38. The van der Waals surface area contributed by atoms with Gasteiger partial charge in [0.1, 0.15) is 0 Å². The maximum Gasteiger partial charge on any atom is 0.416 e. The topological polar surface area (TPSA) is 49.8 Å². The smallest absolute Gasteiger partial charge is 0.416 e. The van der Waals surface area contributed by atoms with Crippen LogP contribution in [0.15, 0.2) is 24.3 Å². The highest BCUT2D eigenvalue weighted by Gasteiger charge is 2.34. The van der Waals surface area contributed by atoms with Crippen molar-refractivity contribution in [3.63, 3.8) is 0 Å². The van der Waals surface area contributed by atoms with Gasteiger partial charge >= 0.3 is 18.9 Å². The predicted molar refractivity (Wildman–Crippen MR) is 73.9 cm³/mol. The molecule has 4 nitrogen and oxygen atoms in total. The third kappa shape index (κ3) is 4.56. The van der Waals surface area contributed by atoms with Crippen LogP contribution in [0.25, 0.3) is 0 Å². The molecular formula is C15H16F5NO3. The summed E-state index contributed by atoms with van der Waals surface area (Å²) >= 11 is 0. The number of hydrogen-bond donors (Lipinski definition) is 1. The average Bonchev–Trinajstić information content (AvgIpc) is 2.52. The number of carbonyl (C=O) groups is 1. The Labute approximate surface area is 134 Å². The van der Waals surface area contributed by atoms with Gasteiger partial charge in [-0.05, 0) is 30.5 Å². The van der Waals surface area contributed by atoms with Crippen LogP contribution >= 0.6 is 0 Å². The molecule has 2 atom stereocenters. The minimum Gasteiger partial charge on any atom is -0.465 e. The molecule has 2 rings (SSSR count). The quantitative estimate of drug-likeness (QED) is 0.827. The van der Waals surface area contributed by atoms with Gasteiger partial charge in [-0.15, -0.1) is 0 Å². The number of piperidine rings is 1. The first-order valence-electron chi connectivity index (χ1n) is 7.25. The van der Waals surface area contributed by atoms with Crippen molar-refractivity contribution in [2.45, 2.75) is 37.6 Å². The molecule has 0 spiro atoms. The second-order valence-electron chi connectivity index (χ2n) is 5.58. The number of hydrogen-bond acceptors (Lipinski definition) is 2. The number of alkyl halides is 5. The Bertz CT molecular complexity index is 561. The van der Waals surface area contributed by atoms with Crippen molar-refractivity contribution in [3.05, 3.63) is 35.4 Å². The zero-order valence-electron chi connectivity index (χ0n) is 12.5. The normalized spacial score (nSPS) is 22.0. The summed E-state index contributed by atoms with van der Waals surface area (Å²) in [5.41, 5.74) is -0.192. The molecule has 134 valence electrons. The zero-order chi connectivity index (χ0) is 17.9. The molecule has 1 aromatic rings. The summed E-state index contributed by atoms with van der Waals surface area (Å²) in [6, 6.07) is 3.86. The fourth-order valence-corrected chi connectivity index (χ4v) is 2.83. The number of likely N-dealkylation sites (tertiary alicyclic amines) is 1. The second-order valence-corrected chi connectivity index (χ2v) is 5.58. The van der Waals surface area contributed by atoms with E-state index in [1.807, 2.05) is 0 Å². The van der Waals surface area contributed by atoms with Gasteiger partial charge in [-0.2, -0.15) is 22.0 Å². The molecule has 1 aliphatic rings. The molecule has 1 fully saturated rings. The third-order valence-electron chi connectivity index (χ3n) is 4.08. The van der Waals surface area contributed by atoms with E-state index in [-0.39, 0.29) is 12.5 Å². The van der Waals surface area contributed by atoms with E-state index in [0.29, 0.717) is 18.4 Å². The first-order chi connectivity index (χ1) is 11.2. The van der Waals surface area contributed by atoms with E-state index in [0.717, 1.165) is 17.0 Å². The van der Waals surface area contributed by atoms with Crippen molar-refractivity contribution >= 4 is 6.09 Å². The van der Waals surface area contributed by atoms with Crippen LogP contribution in [0.3, 0.4) is 0 Å². The molecule has 1 aromatic carbocycles. The lowest BCUT2D eigenvalue weighted by molar-refractivity contribution is -0.142. The molecule has 0 radical (unpaired) electrons. The van der Waals surface area contributed by atoms with Crippen LogP contribution in [-0.2, 0) is 10.9 Å². The second kappa shape index (κ2) is 7.33. The van der Waals surface area contributed by atoms with Crippen molar-refractivity contribution in [1.29, 1.82) is 0 Å². The van der Waals surface area contributed by atoms with E-state index >= 15 is 0 Å². The van der Waals surface area contributed by atoms with Crippen LogP contribution in [0.2, 0.25) is 0 Å². The Morgan fingerprint density at radius 1 is 1.25 bits per heavy atom. The van der Waals surface area contributed by atoms with E-state index in [1.165, 1.54) is 12.1 Å². The monoisotopic (exact) mass is 353 g/mol. The van der Waals surface area contributed by atoms with Crippen molar-refractivity contribution < 1.29 is 36.6 Å². The standard InChI is InChI=1S/C15H16F5NO3/c16-13(17)24-8-12-6-3-10(7-21(12)14(22)23)9-1-4-11(5-2-9)15(18,19)20/h1-2,4-5,10,12-13H,3,6-8H2,(H,22,23)/t10-,12-/m0/s1. The first-order valence-corrected chi connectivity index (χ1v) is 7.25. The Morgan fingerprint density at radius 2 is 1.88 bits per heavy atom. The van der Waals surface area contributed by atoms with Crippen LogP contribution in [0.1, 0.15) is 29.9 Å². The minimum absolute atomic E-state index is 0.0258. The fourth-order valence-electron chi connectivity index (χ4n) is 2.83. The molecule has 1 heterocycles. The summed E-state index contributed by atoms with van der Waals surface area (Å²) < 4.78 is 66.1. The maximum atomic E-state index is 12.6. The SMILES string of the molecule is O=C(O)N1C[C@@H](c2ccc(C(F)(F)F)cc2)CC[C@H]1COC(F)F. The van der Waals surface area contributed by atoms with E-state index in [2.05, 4.69) is 4.74 Å². The number of amides is 1. The highest BCUT2D eigenvalue weighted by atomic mass is 19.4. The molecule has 1 N–H and O–H groups in total. The number of ether oxygens (including phenoxy) is 1. The van der Waals surface area contributed by atoms with Gasteiger partial charge < -0.3 is 14.7 Å². The lowest BCUT2D eigenvalue weighted by Crippen LogP contribution is -2.48. The number of rotatable bonds is 4. The van der Waals surface area contributed by atoms with Gasteiger partial charge in [0, 0.05) is 12.5 Å². The molecule has 0 aromatic heterocycles. The fraction of sp³-hybridized carbons (Fsp3) is 0.533. The van der Waals surface area contributed by atoms with Crippen molar-refractivity contribution in [2.24, 2.45) is 0 Å². The molecule has 24 heavy (non-hydrogen) atoms. The lowest BCUT2D eigenvalue weighted by atomic mass is 9.87. The Morgan fingerprint density at radius 3 is 2.38 bits per heavy atom. The number of carboxylic acid groups (broad SMARTS) is 1. The maximum absolute atomic E-state index is 12.6. The summed E-state index contributed by atoms with van der Waals surface area (Å²) in [6.07, 6.45) is -4.93. The van der Waals surface area contributed by atoms with Gasteiger partial charge in [0.2, 0.25) is 0 Å². The van der Waals surface area contributed by atoms with Gasteiger partial charge in [0.05, 0.1) is 18.2 Å². The van der Waals surface area contributed by atoms with E-state index in [1.54, 1.807) is 0 Å². The molecule has 0 saturated carbocycles. The van der Waals surface area contributed by atoms with Gasteiger partial charge in [-0.25, -0.2) is 4.79 Å². The van der Waals surface area contributed by atoms with Crippen molar-refractivity contribution in [3.8, 4) is 0 Å². The minimum atomic E-state index is -4.43. The number of nitrogens with zero attached hydrogens (tertiary/aromatic N) is 1. The molecule has 0 unspecified atom stereocenters. The van der Waals surface area contributed by atoms with E-state index < -0.39 is 37.1 Å². The first kappa shape index (κ1) is 18.4. The van der Waals surface area contributed by atoms with Crippen LogP contribution in [0.5, 0.6) is 0 Å². The molecule has 1 saturated heterocycles. The predicted octanol–water partition coefficient (Wildman–Crippen LogP) is 4.17. The molecule has 1 aliphatic heterocycles. The summed E-state index contributed by atoms with van der Waals surface area (Å²) in [5.74, 6) is -0.286. The molecular weight excluding hydrogens is 337 g/mol. The van der Waals surface area contributed by atoms with Crippen LogP contribution in [-0.4, -0.2) is 41.9 Å². The largest absolute Gasteiger partial charge is 0.465 e. The summed E-state index contributed by atoms with van der Waals surface area (Å²) in [5, 5.41) is 9.22. The number of benzene rings is 1. The van der Waals surface area contributed by atoms with Crippen LogP contribution < -0.4 is 0 Å². The molecule has 1 amide bonds. The number of halogens is 5. The van der Waals surface area contributed by atoms with Gasteiger partial charge in [-0.3, -0.25) is 0 Å².